The lowest BCUT2D eigenvalue weighted by molar-refractivity contribution is -0.422. The molecule has 1 heterocycles. The highest BCUT2D eigenvalue weighted by Gasteiger charge is 2.31. The minimum Gasteiger partial charge on any atom is -0.330 e. The summed E-state index contributed by atoms with van der Waals surface area (Å²) in [6.07, 6.45) is -1.26. The zero-order valence-electron chi connectivity index (χ0n) is 11.4. The Morgan fingerprint density at radius 3 is 2.48 bits per heavy atom. The molecule has 6 heteroatoms. The van der Waals surface area contributed by atoms with Crippen LogP contribution in [0.2, 0.25) is 0 Å². The van der Waals surface area contributed by atoms with E-state index >= 15 is 0 Å². The van der Waals surface area contributed by atoms with E-state index in [1.165, 1.54) is 11.0 Å². The minimum absolute atomic E-state index is 0.0234. The summed E-state index contributed by atoms with van der Waals surface area (Å²) in [5.74, 6) is 0. The predicted octanol–water partition coefficient (Wildman–Crippen LogP) is 3.67. The van der Waals surface area contributed by atoms with Gasteiger partial charge in [0.25, 0.3) is 12.1 Å². The van der Waals surface area contributed by atoms with Crippen molar-refractivity contribution < 1.29 is 13.7 Å². The first-order valence-corrected chi connectivity index (χ1v) is 6.29. The topological polar surface area (TPSA) is 46.4 Å². The van der Waals surface area contributed by atoms with Gasteiger partial charge in [0, 0.05) is 6.08 Å². The third kappa shape index (κ3) is 2.99. The molecule has 0 radical (unpaired) electrons. The first-order chi connectivity index (χ1) is 9.91. The van der Waals surface area contributed by atoms with E-state index in [9.17, 15) is 18.9 Å². The van der Waals surface area contributed by atoms with Crippen LogP contribution in [0.25, 0.3) is 5.70 Å². The molecule has 0 amide bonds. The predicted molar refractivity (Wildman–Crippen MR) is 76.0 cm³/mol. The number of allylic oxidation sites excluding steroid dienone is 2. The largest absolute Gasteiger partial charge is 0.330 e. The number of benzene rings is 1. The monoisotopic (exact) mass is 292 g/mol. The SMILES string of the molecule is C=C1C([N+](=O)[O-])=CC(C)=C(c2ccccc2)N1CC(F)F. The summed E-state index contributed by atoms with van der Waals surface area (Å²) in [7, 11) is 0. The highest BCUT2D eigenvalue weighted by Crippen LogP contribution is 2.35. The van der Waals surface area contributed by atoms with Crippen molar-refractivity contribution in [3.8, 4) is 0 Å². The summed E-state index contributed by atoms with van der Waals surface area (Å²) >= 11 is 0. The van der Waals surface area contributed by atoms with Crippen LogP contribution in [0.3, 0.4) is 0 Å². The molecule has 1 aromatic carbocycles. The molecule has 4 nitrogen and oxygen atoms in total. The van der Waals surface area contributed by atoms with Gasteiger partial charge < -0.3 is 4.90 Å². The van der Waals surface area contributed by atoms with E-state index in [2.05, 4.69) is 6.58 Å². The van der Waals surface area contributed by atoms with E-state index in [1.807, 2.05) is 6.07 Å². The van der Waals surface area contributed by atoms with Gasteiger partial charge in [-0.15, -0.1) is 0 Å². The number of rotatable bonds is 4. The zero-order valence-corrected chi connectivity index (χ0v) is 11.4. The Bertz CT molecular complexity index is 636. The number of nitro groups is 1. The third-order valence-electron chi connectivity index (χ3n) is 3.18. The van der Waals surface area contributed by atoms with Gasteiger partial charge in [-0.25, -0.2) is 8.78 Å². The molecule has 0 saturated carbocycles. The summed E-state index contributed by atoms with van der Waals surface area (Å²) in [5.41, 5.74) is 1.51. The van der Waals surface area contributed by atoms with Crippen molar-refractivity contribution in [2.24, 2.45) is 0 Å². The molecule has 0 spiro atoms. The second-order valence-corrected chi connectivity index (χ2v) is 4.63. The van der Waals surface area contributed by atoms with Crippen molar-refractivity contribution in [1.29, 1.82) is 0 Å². The second-order valence-electron chi connectivity index (χ2n) is 4.63. The summed E-state index contributed by atoms with van der Waals surface area (Å²) in [6, 6.07) is 8.93. The smallest absolute Gasteiger partial charge is 0.292 e. The molecule has 2 rings (SSSR count). The molecule has 0 bridgehead atoms. The molecule has 0 fully saturated rings. The Hall–Kier alpha value is -2.50. The first-order valence-electron chi connectivity index (χ1n) is 6.29. The van der Waals surface area contributed by atoms with Gasteiger partial charge in [0.05, 0.1) is 17.2 Å². The summed E-state index contributed by atoms with van der Waals surface area (Å²) in [5, 5.41) is 11.0. The average Bonchev–Trinajstić information content (AvgIpc) is 2.43. The van der Waals surface area contributed by atoms with Crippen LogP contribution in [-0.4, -0.2) is 22.8 Å². The maximum Gasteiger partial charge on any atom is 0.292 e. The third-order valence-corrected chi connectivity index (χ3v) is 3.18. The van der Waals surface area contributed by atoms with Gasteiger partial charge in [-0.05, 0) is 18.1 Å². The fraction of sp³-hybridized carbons (Fsp3) is 0.200. The molecular formula is C15H14F2N2O2. The molecule has 0 atom stereocenters. The Kier molecular flexibility index (Phi) is 4.16. The van der Waals surface area contributed by atoms with Crippen LogP contribution in [-0.2, 0) is 0 Å². The van der Waals surface area contributed by atoms with Gasteiger partial charge >= 0.3 is 0 Å². The molecule has 0 unspecified atom stereocenters. The molecule has 1 aromatic rings. The van der Waals surface area contributed by atoms with Crippen molar-refractivity contribution in [3.05, 3.63) is 75.6 Å². The van der Waals surface area contributed by atoms with Gasteiger partial charge in [-0.1, -0.05) is 36.9 Å². The number of alkyl halides is 2. The second kappa shape index (κ2) is 5.87. The first kappa shape index (κ1) is 14.9. The number of halogens is 2. The number of nitrogens with zero attached hydrogens (tertiary/aromatic N) is 2. The minimum atomic E-state index is -2.63. The number of hydrogen-bond donors (Lipinski definition) is 0. The zero-order chi connectivity index (χ0) is 15.6. The highest BCUT2D eigenvalue weighted by atomic mass is 19.3. The molecular weight excluding hydrogens is 278 g/mol. The molecule has 21 heavy (non-hydrogen) atoms. The fourth-order valence-electron chi connectivity index (χ4n) is 2.32. The molecule has 0 saturated heterocycles. The van der Waals surface area contributed by atoms with Crippen molar-refractivity contribution >= 4 is 5.70 Å². The van der Waals surface area contributed by atoms with E-state index in [1.54, 1.807) is 31.2 Å². The van der Waals surface area contributed by atoms with Crippen LogP contribution in [0, 0.1) is 10.1 Å². The van der Waals surface area contributed by atoms with Crippen molar-refractivity contribution in [2.75, 3.05) is 6.54 Å². The van der Waals surface area contributed by atoms with E-state index in [0.717, 1.165) is 5.56 Å². The summed E-state index contributed by atoms with van der Waals surface area (Å²) in [4.78, 5) is 11.6. The fourth-order valence-corrected chi connectivity index (χ4v) is 2.32. The lowest BCUT2D eigenvalue weighted by Gasteiger charge is -2.31. The maximum absolute atomic E-state index is 12.8. The van der Waals surface area contributed by atoms with Crippen molar-refractivity contribution in [3.63, 3.8) is 0 Å². The van der Waals surface area contributed by atoms with E-state index in [-0.39, 0.29) is 11.4 Å². The normalized spacial score (nSPS) is 15.5. The van der Waals surface area contributed by atoms with Crippen LogP contribution in [0.15, 0.2) is 60.0 Å². The van der Waals surface area contributed by atoms with Crippen LogP contribution in [0.1, 0.15) is 12.5 Å². The quantitative estimate of drug-likeness (QED) is 0.628. The molecule has 0 N–H and O–H groups in total. The lowest BCUT2D eigenvalue weighted by atomic mass is 10.00. The van der Waals surface area contributed by atoms with Gasteiger partial charge in [0.1, 0.15) is 5.70 Å². The maximum atomic E-state index is 12.8. The van der Waals surface area contributed by atoms with Crippen molar-refractivity contribution in [1.82, 2.24) is 4.90 Å². The Morgan fingerprint density at radius 1 is 1.33 bits per heavy atom. The van der Waals surface area contributed by atoms with E-state index < -0.39 is 17.9 Å². The molecule has 1 aliphatic heterocycles. The van der Waals surface area contributed by atoms with Gasteiger partial charge in [0.2, 0.25) is 0 Å². The van der Waals surface area contributed by atoms with Crippen LogP contribution >= 0.6 is 0 Å². The van der Waals surface area contributed by atoms with Crippen LogP contribution in [0.4, 0.5) is 8.78 Å². The lowest BCUT2D eigenvalue weighted by Crippen LogP contribution is -2.31. The highest BCUT2D eigenvalue weighted by molar-refractivity contribution is 5.73. The van der Waals surface area contributed by atoms with Gasteiger partial charge in [-0.3, -0.25) is 10.1 Å². The average molecular weight is 292 g/mol. The van der Waals surface area contributed by atoms with Gasteiger partial charge in [-0.2, -0.15) is 0 Å². The van der Waals surface area contributed by atoms with Gasteiger partial charge in [0.15, 0.2) is 0 Å². The summed E-state index contributed by atoms with van der Waals surface area (Å²) < 4.78 is 25.7. The van der Waals surface area contributed by atoms with Crippen LogP contribution in [0.5, 0.6) is 0 Å². The number of hydrogen-bond acceptors (Lipinski definition) is 3. The molecule has 0 aromatic heterocycles. The van der Waals surface area contributed by atoms with E-state index in [4.69, 9.17) is 0 Å². The Balaban J connectivity index is 2.57. The standard InChI is InChI=1S/C15H14F2N2O2/c1-10-8-13(19(20)21)11(2)18(9-14(16)17)15(10)12-6-4-3-5-7-12/h3-8,14H,2,9H2,1H3. The molecule has 1 aliphatic rings. The van der Waals surface area contributed by atoms with Crippen LogP contribution < -0.4 is 0 Å². The Morgan fingerprint density at radius 2 is 1.95 bits per heavy atom. The van der Waals surface area contributed by atoms with E-state index in [0.29, 0.717) is 11.3 Å². The Labute approximate surface area is 120 Å². The summed E-state index contributed by atoms with van der Waals surface area (Å²) in [6.45, 7) is 4.64. The van der Waals surface area contributed by atoms with Crippen molar-refractivity contribution in [2.45, 2.75) is 13.3 Å². The molecule has 110 valence electrons. The molecule has 0 aliphatic carbocycles.